The molecule has 1 amide bonds. The van der Waals surface area contributed by atoms with E-state index in [1.165, 1.54) is 18.3 Å². The zero-order valence-electron chi connectivity index (χ0n) is 15.1. The van der Waals surface area contributed by atoms with E-state index in [4.69, 9.17) is 0 Å². The zero-order valence-corrected chi connectivity index (χ0v) is 15.9. The van der Waals surface area contributed by atoms with Gasteiger partial charge >= 0.3 is 0 Å². The Bertz CT molecular complexity index is 1210. The van der Waals surface area contributed by atoms with Crippen LogP contribution < -0.4 is 10.9 Å². The molecule has 7 nitrogen and oxygen atoms in total. The highest BCUT2D eigenvalue weighted by molar-refractivity contribution is 7.99. The predicted octanol–water partition coefficient (Wildman–Crippen LogP) is 2.66. The normalized spacial score (nSPS) is 10.9. The maximum Gasteiger partial charge on any atom is 0.262 e. The number of nitrogens with one attached hydrogen (secondary N) is 2. The molecule has 2 heterocycles. The average Bonchev–Trinajstić information content (AvgIpc) is 3.17. The lowest BCUT2D eigenvalue weighted by atomic mass is 10.2. The van der Waals surface area contributed by atoms with Crippen LogP contribution in [0.4, 0.5) is 4.39 Å². The van der Waals surface area contributed by atoms with E-state index < -0.39 is 0 Å². The Kier molecular flexibility index (Phi) is 5.39. The highest BCUT2D eigenvalue weighted by atomic mass is 32.2. The van der Waals surface area contributed by atoms with Crippen molar-refractivity contribution in [3.8, 4) is 5.69 Å². The van der Waals surface area contributed by atoms with Gasteiger partial charge in [0.2, 0.25) is 5.91 Å². The molecule has 4 aromatic rings. The summed E-state index contributed by atoms with van der Waals surface area (Å²) >= 11 is 1.12. The van der Waals surface area contributed by atoms with Gasteiger partial charge in [0.1, 0.15) is 11.2 Å². The molecule has 0 bridgehead atoms. The van der Waals surface area contributed by atoms with Crippen molar-refractivity contribution in [1.82, 2.24) is 25.1 Å². The molecule has 2 aromatic carbocycles. The fourth-order valence-corrected chi connectivity index (χ4v) is 3.40. The molecule has 0 saturated heterocycles. The van der Waals surface area contributed by atoms with Crippen LogP contribution in [0.2, 0.25) is 0 Å². The highest BCUT2D eigenvalue weighted by Gasteiger charge is 2.13. The number of benzene rings is 2. The number of thioether (sulfide) groups is 1. The van der Waals surface area contributed by atoms with Crippen molar-refractivity contribution in [1.29, 1.82) is 0 Å². The van der Waals surface area contributed by atoms with Crippen molar-refractivity contribution in [2.24, 2.45) is 0 Å². The fourth-order valence-electron chi connectivity index (χ4n) is 2.71. The van der Waals surface area contributed by atoms with Gasteiger partial charge in [-0.15, -0.1) is 0 Å². The molecule has 2 aromatic heterocycles. The summed E-state index contributed by atoms with van der Waals surface area (Å²) in [5, 5.41) is 7.71. The first-order chi connectivity index (χ1) is 14.1. The van der Waals surface area contributed by atoms with Crippen LogP contribution in [0.25, 0.3) is 16.7 Å². The number of hydrogen-bond acceptors (Lipinski definition) is 5. The molecule has 0 aliphatic carbocycles. The lowest BCUT2D eigenvalue weighted by Gasteiger charge is -2.06. The van der Waals surface area contributed by atoms with E-state index >= 15 is 0 Å². The van der Waals surface area contributed by atoms with Crippen LogP contribution >= 0.6 is 11.8 Å². The van der Waals surface area contributed by atoms with Gasteiger partial charge in [-0.2, -0.15) is 5.10 Å². The van der Waals surface area contributed by atoms with Crippen LogP contribution in [0.1, 0.15) is 5.56 Å². The second-order valence-electron chi connectivity index (χ2n) is 6.19. The number of halogens is 1. The first kappa shape index (κ1) is 18.9. The number of carbonyl (C=O) groups is 1. The predicted molar refractivity (Wildman–Crippen MR) is 108 cm³/mol. The van der Waals surface area contributed by atoms with Gasteiger partial charge < -0.3 is 10.3 Å². The van der Waals surface area contributed by atoms with Crippen LogP contribution in [0.15, 0.2) is 70.7 Å². The van der Waals surface area contributed by atoms with Gasteiger partial charge in [-0.1, -0.05) is 42.1 Å². The van der Waals surface area contributed by atoms with Crippen molar-refractivity contribution >= 4 is 28.7 Å². The fraction of sp³-hybridized carbons (Fsp3) is 0.100. The molecule has 0 radical (unpaired) electrons. The first-order valence-corrected chi connectivity index (χ1v) is 9.76. The van der Waals surface area contributed by atoms with E-state index in [2.05, 4.69) is 20.4 Å². The van der Waals surface area contributed by atoms with Gasteiger partial charge in [0.05, 0.1) is 17.6 Å². The second-order valence-corrected chi connectivity index (χ2v) is 7.16. The number of aromatic nitrogens is 4. The van der Waals surface area contributed by atoms with Gasteiger partial charge in [0.25, 0.3) is 5.56 Å². The molecule has 0 aliphatic rings. The molecule has 0 spiro atoms. The number of para-hydroxylation sites is 1. The Morgan fingerprint density at radius 3 is 2.66 bits per heavy atom. The number of nitrogens with zero attached hydrogens (tertiary/aromatic N) is 3. The third-order valence-corrected chi connectivity index (χ3v) is 5.03. The van der Waals surface area contributed by atoms with Crippen LogP contribution in [0.5, 0.6) is 0 Å². The molecule has 0 fully saturated rings. The molecule has 0 aliphatic heterocycles. The Morgan fingerprint density at radius 2 is 1.90 bits per heavy atom. The smallest absolute Gasteiger partial charge is 0.262 e. The molecule has 0 atom stereocenters. The summed E-state index contributed by atoms with van der Waals surface area (Å²) in [5.41, 5.74) is 1.69. The van der Waals surface area contributed by atoms with E-state index in [9.17, 15) is 14.0 Å². The van der Waals surface area contributed by atoms with Crippen molar-refractivity contribution in [2.75, 3.05) is 5.75 Å². The molecular formula is C20H16FN5O2S. The maximum atomic E-state index is 12.9. The van der Waals surface area contributed by atoms with Crippen molar-refractivity contribution < 1.29 is 9.18 Å². The SMILES string of the molecule is O=C(CSc1nc2c(cnn2-c2ccccc2)c(=O)[nH]1)NCc1ccc(F)cc1. The summed E-state index contributed by atoms with van der Waals surface area (Å²) < 4.78 is 14.5. The number of hydrogen-bond donors (Lipinski definition) is 2. The molecule has 2 N–H and O–H groups in total. The molecule has 0 unspecified atom stereocenters. The molecule has 146 valence electrons. The van der Waals surface area contributed by atoms with Gasteiger partial charge in [-0.3, -0.25) is 9.59 Å². The zero-order chi connectivity index (χ0) is 20.2. The van der Waals surface area contributed by atoms with Crippen LogP contribution in [-0.2, 0) is 11.3 Å². The van der Waals surface area contributed by atoms with Crippen LogP contribution in [-0.4, -0.2) is 31.4 Å². The van der Waals surface area contributed by atoms with E-state index in [-0.39, 0.29) is 23.0 Å². The number of carbonyl (C=O) groups excluding carboxylic acids is 1. The number of amides is 1. The van der Waals surface area contributed by atoms with E-state index in [1.807, 2.05) is 30.3 Å². The molecule has 9 heteroatoms. The highest BCUT2D eigenvalue weighted by Crippen LogP contribution is 2.17. The lowest BCUT2D eigenvalue weighted by Crippen LogP contribution is -2.24. The third-order valence-electron chi connectivity index (χ3n) is 4.16. The third kappa shape index (κ3) is 4.35. The van der Waals surface area contributed by atoms with Crippen molar-refractivity contribution in [2.45, 2.75) is 11.7 Å². The second kappa shape index (κ2) is 8.27. The van der Waals surface area contributed by atoms with E-state index in [0.717, 1.165) is 23.0 Å². The van der Waals surface area contributed by atoms with Gasteiger partial charge in [-0.25, -0.2) is 14.1 Å². The Hall–Kier alpha value is -3.46. The Balaban J connectivity index is 1.46. The summed E-state index contributed by atoms with van der Waals surface area (Å²) in [4.78, 5) is 31.6. The van der Waals surface area contributed by atoms with Gasteiger partial charge in [0, 0.05) is 6.54 Å². The lowest BCUT2D eigenvalue weighted by molar-refractivity contribution is -0.118. The number of rotatable bonds is 6. The van der Waals surface area contributed by atoms with Crippen LogP contribution in [0.3, 0.4) is 0 Å². The summed E-state index contributed by atoms with van der Waals surface area (Å²) in [6.07, 6.45) is 1.47. The van der Waals surface area contributed by atoms with Gasteiger partial charge in [-0.05, 0) is 29.8 Å². The van der Waals surface area contributed by atoms with Crippen molar-refractivity contribution in [3.63, 3.8) is 0 Å². The average molecular weight is 409 g/mol. The van der Waals surface area contributed by atoms with E-state index in [0.29, 0.717) is 22.7 Å². The monoisotopic (exact) mass is 409 g/mol. The summed E-state index contributed by atoms with van der Waals surface area (Å²) in [5.74, 6) is -0.468. The molecule has 4 rings (SSSR count). The Labute approximate surface area is 169 Å². The number of aromatic amines is 1. The van der Waals surface area contributed by atoms with E-state index in [1.54, 1.807) is 16.8 Å². The molecule has 29 heavy (non-hydrogen) atoms. The summed E-state index contributed by atoms with van der Waals surface area (Å²) in [6.45, 7) is 0.295. The minimum Gasteiger partial charge on any atom is -0.351 e. The standard InChI is InChI=1S/C20H16FN5O2S/c21-14-8-6-13(7-9-14)10-22-17(27)12-29-20-24-18-16(19(28)25-20)11-23-26(18)15-4-2-1-3-5-15/h1-9,11H,10,12H2,(H,22,27)(H,24,25,28). The number of H-pyrrole nitrogens is 1. The van der Waals surface area contributed by atoms with Gasteiger partial charge in [0.15, 0.2) is 10.8 Å². The summed E-state index contributed by atoms with van der Waals surface area (Å²) in [7, 11) is 0. The van der Waals surface area contributed by atoms with Crippen LogP contribution in [0, 0.1) is 5.82 Å². The minimum absolute atomic E-state index is 0.0785. The van der Waals surface area contributed by atoms with Crippen molar-refractivity contribution in [3.05, 3.63) is 82.5 Å². The topological polar surface area (TPSA) is 92.7 Å². The quantitative estimate of drug-likeness (QED) is 0.377. The number of fused-ring (bicyclic) bond motifs is 1. The maximum absolute atomic E-state index is 12.9. The first-order valence-electron chi connectivity index (χ1n) is 8.77. The largest absolute Gasteiger partial charge is 0.351 e. The molecule has 0 saturated carbocycles. The summed E-state index contributed by atoms with van der Waals surface area (Å²) in [6, 6.07) is 15.3. The Morgan fingerprint density at radius 1 is 1.14 bits per heavy atom. The molecular weight excluding hydrogens is 393 g/mol. The minimum atomic E-state index is -0.323.